The number of carbonyl (C=O) groups is 2. The zero-order chi connectivity index (χ0) is 16.0. The SMILES string of the molecule is CC(Cc1cccs1)N(C)C(=O)NC(C)(C)CCC(=O)O. The van der Waals surface area contributed by atoms with Gasteiger partial charge in [-0.1, -0.05) is 6.07 Å². The zero-order valence-corrected chi connectivity index (χ0v) is 13.9. The molecule has 1 rings (SSSR count). The molecule has 2 amide bonds. The van der Waals surface area contributed by atoms with E-state index in [2.05, 4.69) is 11.4 Å². The quantitative estimate of drug-likeness (QED) is 0.813. The smallest absolute Gasteiger partial charge is 0.317 e. The van der Waals surface area contributed by atoms with Crippen molar-refractivity contribution < 1.29 is 14.7 Å². The van der Waals surface area contributed by atoms with E-state index >= 15 is 0 Å². The summed E-state index contributed by atoms with van der Waals surface area (Å²) < 4.78 is 0. The minimum atomic E-state index is -0.850. The average molecular weight is 312 g/mol. The van der Waals surface area contributed by atoms with Crippen LogP contribution in [0, 0.1) is 0 Å². The van der Waals surface area contributed by atoms with Crippen molar-refractivity contribution >= 4 is 23.3 Å². The zero-order valence-electron chi connectivity index (χ0n) is 13.0. The number of hydrogen-bond donors (Lipinski definition) is 2. The van der Waals surface area contributed by atoms with Gasteiger partial charge in [-0.25, -0.2) is 4.79 Å². The minimum absolute atomic E-state index is 0.0434. The molecule has 0 aliphatic rings. The third kappa shape index (κ3) is 6.16. The van der Waals surface area contributed by atoms with E-state index in [1.165, 1.54) is 4.88 Å². The second-order valence-electron chi connectivity index (χ2n) is 5.95. The first-order valence-electron chi connectivity index (χ1n) is 7.00. The average Bonchev–Trinajstić information content (AvgIpc) is 2.87. The van der Waals surface area contributed by atoms with E-state index in [0.29, 0.717) is 6.42 Å². The number of hydrogen-bond acceptors (Lipinski definition) is 3. The van der Waals surface area contributed by atoms with E-state index in [-0.39, 0.29) is 18.5 Å². The van der Waals surface area contributed by atoms with Crippen LogP contribution in [0.4, 0.5) is 4.79 Å². The highest BCUT2D eigenvalue weighted by Gasteiger charge is 2.25. The Bertz CT molecular complexity index is 471. The molecule has 21 heavy (non-hydrogen) atoms. The molecule has 0 saturated heterocycles. The van der Waals surface area contributed by atoms with Crippen LogP contribution in [-0.4, -0.2) is 40.6 Å². The Morgan fingerprint density at radius 3 is 2.67 bits per heavy atom. The van der Waals surface area contributed by atoms with Crippen LogP contribution in [0.25, 0.3) is 0 Å². The molecule has 0 aliphatic heterocycles. The number of carboxylic acids is 1. The topological polar surface area (TPSA) is 69.6 Å². The van der Waals surface area contributed by atoms with Gasteiger partial charge in [-0.05, 0) is 38.6 Å². The first kappa shape index (κ1) is 17.5. The predicted octanol–water partition coefficient (Wildman–Crippen LogP) is 2.96. The maximum absolute atomic E-state index is 12.2. The predicted molar refractivity (Wildman–Crippen MR) is 84.7 cm³/mol. The van der Waals surface area contributed by atoms with Crippen LogP contribution in [0.5, 0.6) is 0 Å². The fraction of sp³-hybridized carbons (Fsp3) is 0.600. The minimum Gasteiger partial charge on any atom is -0.481 e. The molecule has 2 N–H and O–H groups in total. The van der Waals surface area contributed by atoms with Gasteiger partial charge in [0.2, 0.25) is 0 Å². The van der Waals surface area contributed by atoms with Crippen LogP contribution in [0.3, 0.4) is 0 Å². The molecule has 1 heterocycles. The summed E-state index contributed by atoms with van der Waals surface area (Å²) in [7, 11) is 1.76. The lowest BCUT2D eigenvalue weighted by atomic mass is 9.98. The van der Waals surface area contributed by atoms with Crippen LogP contribution in [0.2, 0.25) is 0 Å². The molecule has 118 valence electrons. The Hall–Kier alpha value is -1.56. The van der Waals surface area contributed by atoms with Crippen LogP contribution >= 0.6 is 11.3 Å². The Kier molecular flexibility index (Phi) is 6.20. The number of urea groups is 1. The van der Waals surface area contributed by atoms with Crippen molar-refractivity contribution in [1.29, 1.82) is 0 Å². The second-order valence-corrected chi connectivity index (χ2v) is 6.98. The molecule has 0 aromatic carbocycles. The molecule has 1 aromatic rings. The standard InChI is InChI=1S/C15H24N2O3S/c1-11(10-12-6-5-9-21-12)17(4)14(20)16-15(2,3)8-7-13(18)19/h5-6,9,11H,7-8,10H2,1-4H3,(H,16,20)(H,18,19). The summed E-state index contributed by atoms with van der Waals surface area (Å²) in [5, 5.41) is 13.7. The van der Waals surface area contributed by atoms with Gasteiger partial charge in [0, 0.05) is 36.3 Å². The van der Waals surface area contributed by atoms with E-state index in [0.717, 1.165) is 6.42 Å². The van der Waals surface area contributed by atoms with E-state index in [1.807, 2.05) is 32.2 Å². The Labute approximate surface area is 130 Å². The molecule has 5 nitrogen and oxygen atoms in total. The Balaban J connectivity index is 2.51. The molecule has 1 aromatic heterocycles. The molecular formula is C15H24N2O3S. The highest BCUT2D eigenvalue weighted by Crippen LogP contribution is 2.15. The van der Waals surface area contributed by atoms with E-state index in [4.69, 9.17) is 5.11 Å². The number of nitrogens with zero attached hydrogens (tertiary/aromatic N) is 1. The van der Waals surface area contributed by atoms with Crippen LogP contribution in [0.1, 0.15) is 38.5 Å². The lowest BCUT2D eigenvalue weighted by Crippen LogP contribution is -2.51. The third-order valence-corrected chi connectivity index (χ3v) is 4.37. The molecule has 0 bridgehead atoms. The van der Waals surface area contributed by atoms with Gasteiger partial charge >= 0.3 is 12.0 Å². The molecular weight excluding hydrogens is 288 g/mol. The number of aliphatic carboxylic acids is 1. The van der Waals surface area contributed by atoms with Crippen molar-refractivity contribution in [2.24, 2.45) is 0 Å². The lowest BCUT2D eigenvalue weighted by Gasteiger charge is -2.31. The van der Waals surface area contributed by atoms with Crippen LogP contribution in [0.15, 0.2) is 17.5 Å². The first-order valence-corrected chi connectivity index (χ1v) is 7.88. The summed E-state index contributed by atoms with van der Waals surface area (Å²) in [6.07, 6.45) is 1.26. The first-order chi connectivity index (χ1) is 9.71. The van der Waals surface area contributed by atoms with E-state index < -0.39 is 11.5 Å². The van der Waals surface area contributed by atoms with Gasteiger partial charge in [-0.2, -0.15) is 0 Å². The lowest BCUT2D eigenvalue weighted by molar-refractivity contribution is -0.137. The van der Waals surface area contributed by atoms with Gasteiger partial charge in [-0.15, -0.1) is 11.3 Å². The third-order valence-electron chi connectivity index (χ3n) is 3.47. The molecule has 0 spiro atoms. The molecule has 0 aliphatic carbocycles. The summed E-state index contributed by atoms with van der Waals surface area (Å²) in [6, 6.07) is 3.97. The number of carboxylic acid groups (broad SMARTS) is 1. The fourth-order valence-electron chi connectivity index (χ4n) is 1.92. The van der Waals surface area contributed by atoms with Gasteiger partial charge in [0.05, 0.1) is 0 Å². The Morgan fingerprint density at radius 2 is 2.14 bits per heavy atom. The monoisotopic (exact) mass is 312 g/mol. The maximum atomic E-state index is 12.2. The van der Waals surface area contributed by atoms with Gasteiger partial charge in [0.1, 0.15) is 0 Å². The number of carbonyl (C=O) groups excluding carboxylic acids is 1. The summed E-state index contributed by atoms with van der Waals surface area (Å²) in [4.78, 5) is 25.8. The second kappa shape index (κ2) is 7.45. The van der Waals surface area contributed by atoms with Crippen LogP contribution in [-0.2, 0) is 11.2 Å². The Morgan fingerprint density at radius 1 is 1.48 bits per heavy atom. The summed E-state index contributed by atoms with van der Waals surface area (Å²) in [5.41, 5.74) is -0.535. The number of nitrogens with one attached hydrogen (secondary N) is 1. The van der Waals surface area contributed by atoms with Crippen molar-refractivity contribution in [3.63, 3.8) is 0 Å². The van der Waals surface area contributed by atoms with Gasteiger partial charge in [0.25, 0.3) is 0 Å². The largest absolute Gasteiger partial charge is 0.481 e. The molecule has 1 atom stereocenters. The van der Waals surface area contributed by atoms with E-state index in [9.17, 15) is 9.59 Å². The normalized spacial score (nSPS) is 12.8. The van der Waals surface area contributed by atoms with Crippen molar-refractivity contribution in [1.82, 2.24) is 10.2 Å². The number of likely N-dealkylation sites (N-methyl/N-ethyl adjacent to an activating group) is 1. The molecule has 0 saturated carbocycles. The molecule has 0 radical (unpaired) electrons. The fourth-order valence-corrected chi connectivity index (χ4v) is 2.74. The summed E-state index contributed by atoms with van der Waals surface area (Å²) >= 11 is 1.68. The van der Waals surface area contributed by atoms with Crippen molar-refractivity contribution in [2.75, 3.05) is 7.05 Å². The van der Waals surface area contributed by atoms with Crippen LogP contribution < -0.4 is 5.32 Å². The van der Waals surface area contributed by atoms with Gasteiger partial charge < -0.3 is 15.3 Å². The van der Waals surface area contributed by atoms with Crippen molar-refractivity contribution in [3.05, 3.63) is 22.4 Å². The van der Waals surface area contributed by atoms with Gasteiger partial charge in [0.15, 0.2) is 0 Å². The number of thiophene rings is 1. The molecule has 1 unspecified atom stereocenters. The maximum Gasteiger partial charge on any atom is 0.317 e. The number of amides is 2. The highest BCUT2D eigenvalue weighted by atomic mass is 32.1. The highest BCUT2D eigenvalue weighted by molar-refractivity contribution is 7.09. The molecule has 6 heteroatoms. The summed E-state index contributed by atoms with van der Waals surface area (Å²) in [6.45, 7) is 5.68. The van der Waals surface area contributed by atoms with E-state index in [1.54, 1.807) is 23.3 Å². The van der Waals surface area contributed by atoms with Gasteiger partial charge in [-0.3, -0.25) is 4.79 Å². The van der Waals surface area contributed by atoms with Crippen molar-refractivity contribution in [2.45, 2.75) is 51.6 Å². The van der Waals surface area contributed by atoms with Crippen molar-refractivity contribution in [3.8, 4) is 0 Å². The summed E-state index contributed by atoms with van der Waals surface area (Å²) in [5.74, 6) is -0.850. The number of rotatable bonds is 7. The molecule has 0 fully saturated rings.